The van der Waals surface area contributed by atoms with Crippen LogP contribution in [0, 0.1) is 23.7 Å². The Kier molecular flexibility index (Phi) is 13.3. The quantitative estimate of drug-likeness (QED) is 0.113. The summed E-state index contributed by atoms with van der Waals surface area (Å²) in [6.45, 7) is 34.6. The van der Waals surface area contributed by atoms with Crippen molar-refractivity contribution in [1.82, 2.24) is 21.3 Å². The summed E-state index contributed by atoms with van der Waals surface area (Å²) >= 11 is 0. The molecule has 0 saturated carbocycles. The molecule has 4 unspecified atom stereocenters. The van der Waals surface area contributed by atoms with Gasteiger partial charge in [0.1, 0.15) is 0 Å². The number of ether oxygens (including phenoxy) is 4. The maximum Gasteiger partial charge on any atom is 0.339 e. The summed E-state index contributed by atoms with van der Waals surface area (Å²) in [5.74, 6) is -2.37. The fourth-order valence-corrected chi connectivity index (χ4v) is 11.8. The topological polar surface area (TPSA) is 153 Å². The zero-order valence-corrected chi connectivity index (χ0v) is 41.7. The molecular weight excluding hydrogens is 809 g/mol. The fraction of sp³-hybridized carbons (Fsp3) is 0.692. The lowest BCUT2D eigenvalue weighted by molar-refractivity contribution is 0.0353. The maximum absolute atomic E-state index is 14.2. The molecule has 4 N–H and O–H groups in total. The van der Waals surface area contributed by atoms with Crippen molar-refractivity contribution in [1.29, 1.82) is 0 Å². The molecule has 4 fully saturated rings. The Labute approximate surface area is 382 Å². The second-order valence-electron chi connectivity index (χ2n) is 24.4. The number of esters is 4. The SMILES string of the molecule is CC1(C)CC(COC(=O)c2ccc(-c3ccc(C(=O)OCC4CC(C)(C)NC4(C)C)c(C(=O)OCC4CC(C)(C)NC4(C)C)c3)cc2C(=O)OCC2CC(C)(C)NC2(C)C)C(C)(C)N1. The summed E-state index contributed by atoms with van der Waals surface area (Å²) in [6, 6.07) is 9.82. The molecule has 0 bridgehead atoms. The monoisotopic (exact) mass is 887 g/mol. The van der Waals surface area contributed by atoms with Crippen LogP contribution in [0.1, 0.15) is 178 Å². The van der Waals surface area contributed by atoms with Crippen LogP contribution in [0.25, 0.3) is 11.1 Å². The van der Waals surface area contributed by atoms with Crippen molar-refractivity contribution < 1.29 is 38.1 Å². The van der Waals surface area contributed by atoms with Crippen LogP contribution in [0.4, 0.5) is 0 Å². The molecule has 4 heterocycles. The Morgan fingerprint density at radius 2 is 0.609 bits per heavy atom. The Hall–Kier alpha value is -3.84. The zero-order chi connectivity index (χ0) is 47.6. The maximum atomic E-state index is 14.2. The van der Waals surface area contributed by atoms with Gasteiger partial charge < -0.3 is 40.2 Å². The highest BCUT2D eigenvalue weighted by atomic mass is 16.5. The molecule has 0 aliphatic carbocycles. The number of carbonyl (C=O) groups is 4. The van der Waals surface area contributed by atoms with Gasteiger partial charge in [-0.1, -0.05) is 12.1 Å². The Bertz CT molecular complexity index is 1980. The average molecular weight is 887 g/mol. The van der Waals surface area contributed by atoms with E-state index in [4.69, 9.17) is 18.9 Å². The Morgan fingerprint density at radius 3 is 0.812 bits per heavy atom. The van der Waals surface area contributed by atoms with E-state index >= 15 is 0 Å². The van der Waals surface area contributed by atoms with Crippen LogP contribution in [-0.2, 0) is 18.9 Å². The number of hydrogen-bond donors (Lipinski definition) is 4. The summed E-state index contributed by atoms with van der Waals surface area (Å²) in [4.78, 5) is 56.4. The van der Waals surface area contributed by atoms with Crippen LogP contribution in [-0.4, -0.2) is 94.6 Å². The molecule has 64 heavy (non-hydrogen) atoms. The smallest absolute Gasteiger partial charge is 0.339 e. The molecule has 4 atom stereocenters. The van der Waals surface area contributed by atoms with Crippen molar-refractivity contribution in [3.8, 4) is 11.1 Å². The number of rotatable bonds is 13. The molecule has 354 valence electrons. The van der Waals surface area contributed by atoms with Crippen LogP contribution in [0.2, 0.25) is 0 Å². The lowest BCUT2D eigenvalue weighted by Gasteiger charge is -2.28. The highest BCUT2D eigenvalue weighted by Gasteiger charge is 2.48. The third kappa shape index (κ3) is 11.2. The van der Waals surface area contributed by atoms with Gasteiger partial charge in [0.15, 0.2) is 0 Å². The third-order valence-electron chi connectivity index (χ3n) is 14.7. The van der Waals surface area contributed by atoms with Gasteiger partial charge in [-0.15, -0.1) is 0 Å². The molecule has 0 aromatic heterocycles. The molecule has 0 spiro atoms. The van der Waals surface area contributed by atoms with Crippen molar-refractivity contribution >= 4 is 23.9 Å². The summed E-state index contributed by atoms with van der Waals surface area (Å²) < 4.78 is 24.0. The molecule has 4 saturated heterocycles. The van der Waals surface area contributed by atoms with Crippen LogP contribution in [0.15, 0.2) is 36.4 Å². The number of benzene rings is 2. The molecular formula is C52H78N4O8. The van der Waals surface area contributed by atoms with Gasteiger partial charge in [0.25, 0.3) is 0 Å². The summed E-state index contributed by atoms with van der Waals surface area (Å²) in [6.07, 6.45) is 3.24. The van der Waals surface area contributed by atoms with Crippen LogP contribution < -0.4 is 21.3 Å². The van der Waals surface area contributed by atoms with E-state index in [0.717, 1.165) is 25.7 Å². The van der Waals surface area contributed by atoms with E-state index in [0.29, 0.717) is 11.1 Å². The molecule has 4 aliphatic heterocycles. The molecule has 2 aromatic rings. The molecule has 0 radical (unpaired) electrons. The second-order valence-corrected chi connectivity index (χ2v) is 24.4. The fourth-order valence-electron chi connectivity index (χ4n) is 11.8. The Balaban J connectivity index is 1.32. The minimum absolute atomic E-state index is 0.0329. The van der Waals surface area contributed by atoms with E-state index in [-0.39, 0.29) is 117 Å². The molecule has 2 aromatic carbocycles. The third-order valence-corrected chi connectivity index (χ3v) is 14.7. The van der Waals surface area contributed by atoms with Gasteiger partial charge >= 0.3 is 23.9 Å². The highest BCUT2D eigenvalue weighted by molar-refractivity contribution is 6.06. The van der Waals surface area contributed by atoms with Crippen molar-refractivity contribution in [2.75, 3.05) is 26.4 Å². The normalized spacial score (nSPS) is 27.4. The van der Waals surface area contributed by atoms with Crippen LogP contribution >= 0.6 is 0 Å². The first-order valence-electron chi connectivity index (χ1n) is 23.3. The minimum Gasteiger partial charge on any atom is -0.462 e. The van der Waals surface area contributed by atoms with Crippen molar-refractivity contribution in [2.24, 2.45) is 23.7 Å². The van der Waals surface area contributed by atoms with Crippen molar-refractivity contribution in [3.63, 3.8) is 0 Å². The van der Waals surface area contributed by atoms with E-state index in [9.17, 15) is 19.2 Å². The summed E-state index contributed by atoms with van der Waals surface area (Å²) in [7, 11) is 0. The minimum atomic E-state index is -0.652. The predicted octanol–water partition coefficient (Wildman–Crippen LogP) is 8.65. The average Bonchev–Trinajstić information content (AvgIpc) is 3.70. The van der Waals surface area contributed by atoms with E-state index < -0.39 is 23.9 Å². The van der Waals surface area contributed by atoms with Crippen LogP contribution in [0.3, 0.4) is 0 Å². The Morgan fingerprint density at radius 1 is 0.391 bits per heavy atom. The van der Waals surface area contributed by atoms with Crippen LogP contribution in [0.5, 0.6) is 0 Å². The molecule has 12 heteroatoms. The van der Waals surface area contributed by atoms with Gasteiger partial charge in [0, 0.05) is 68.0 Å². The van der Waals surface area contributed by atoms with E-state index in [1.807, 2.05) is 0 Å². The first kappa shape index (κ1) is 49.6. The van der Waals surface area contributed by atoms with Gasteiger partial charge in [-0.25, -0.2) is 19.2 Å². The summed E-state index contributed by atoms with van der Waals surface area (Å²) in [5, 5.41) is 14.5. The molecule has 6 rings (SSSR count). The second kappa shape index (κ2) is 17.1. The first-order valence-corrected chi connectivity index (χ1v) is 23.3. The van der Waals surface area contributed by atoms with Gasteiger partial charge in [-0.05, 0) is 172 Å². The molecule has 4 aliphatic rings. The molecule has 0 amide bonds. The number of carbonyl (C=O) groups excluding carboxylic acids is 4. The molecule has 12 nitrogen and oxygen atoms in total. The van der Waals surface area contributed by atoms with E-state index in [1.54, 1.807) is 36.4 Å². The van der Waals surface area contributed by atoms with Gasteiger partial charge in [-0.3, -0.25) is 0 Å². The predicted molar refractivity (Wildman–Crippen MR) is 251 cm³/mol. The largest absolute Gasteiger partial charge is 0.462 e. The van der Waals surface area contributed by atoms with E-state index in [2.05, 4.69) is 132 Å². The number of hydrogen-bond acceptors (Lipinski definition) is 12. The zero-order valence-electron chi connectivity index (χ0n) is 41.7. The standard InChI is InChI=1S/C52H78N4O8/c1-45(2)23-33(49(9,10)53-45)27-61-41(57)37-19-17-31(21-39(37)43(59)63-29-35-25-47(5,6)55-51(35,13)14)32-18-20-38(42(58)62-28-34-24-46(3,4)54-50(34,11)12)40(22-32)44(60)64-30-36-26-48(7,8)56-52(36,15)16/h17-22,33-36,53-56H,23-30H2,1-16H3. The highest BCUT2D eigenvalue weighted by Crippen LogP contribution is 2.40. The van der Waals surface area contributed by atoms with Gasteiger partial charge in [0.05, 0.1) is 48.7 Å². The first-order chi connectivity index (χ1) is 29.2. The lowest BCUT2D eigenvalue weighted by Crippen LogP contribution is -2.46. The van der Waals surface area contributed by atoms with Gasteiger partial charge in [0.2, 0.25) is 0 Å². The van der Waals surface area contributed by atoms with Crippen molar-refractivity contribution in [2.45, 2.75) is 181 Å². The number of nitrogens with one attached hydrogen (secondary N) is 4. The van der Waals surface area contributed by atoms with Gasteiger partial charge in [-0.2, -0.15) is 0 Å². The summed E-state index contributed by atoms with van der Waals surface area (Å²) in [5.41, 5.74) is -0.225. The lowest BCUT2D eigenvalue weighted by atomic mass is 9.88. The van der Waals surface area contributed by atoms with Crippen molar-refractivity contribution in [3.05, 3.63) is 58.7 Å². The van der Waals surface area contributed by atoms with E-state index in [1.165, 1.54) is 0 Å².